The Kier molecular flexibility index (Phi) is 3.23. The molecular formula is C17H15FN4O2. The van der Waals surface area contributed by atoms with Crippen LogP contribution in [0.15, 0.2) is 35.3 Å². The number of benzene rings is 1. The summed E-state index contributed by atoms with van der Waals surface area (Å²) in [5.74, 6) is 0.000266. The van der Waals surface area contributed by atoms with Crippen LogP contribution >= 0.6 is 0 Å². The van der Waals surface area contributed by atoms with Crippen LogP contribution in [0.25, 0.3) is 16.6 Å². The van der Waals surface area contributed by atoms with Crippen LogP contribution in [-0.2, 0) is 0 Å². The molecule has 2 N–H and O–H groups in total. The third kappa shape index (κ3) is 2.20. The monoisotopic (exact) mass is 326 g/mol. The predicted octanol–water partition coefficient (Wildman–Crippen LogP) is 2.39. The summed E-state index contributed by atoms with van der Waals surface area (Å²) < 4.78 is 20.8. The average molecular weight is 326 g/mol. The van der Waals surface area contributed by atoms with Crippen LogP contribution in [0.1, 0.15) is 24.3 Å². The van der Waals surface area contributed by atoms with Gasteiger partial charge < -0.3 is 10.5 Å². The van der Waals surface area contributed by atoms with E-state index >= 15 is 0 Å². The predicted molar refractivity (Wildman–Crippen MR) is 88.0 cm³/mol. The zero-order valence-corrected chi connectivity index (χ0v) is 13.0. The molecule has 7 heteroatoms. The number of methoxy groups -OCH3 is 1. The Labute approximate surface area is 136 Å². The van der Waals surface area contributed by atoms with Crippen LogP contribution < -0.4 is 16.2 Å². The molecule has 0 saturated heterocycles. The Morgan fingerprint density at radius 2 is 2.12 bits per heavy atom. The number of fused-ring (bicyclic) bond motifs is 1. The molecule has 0 unspecified atom stereocenters. The molecule has 1 aromatic carbocycles. The minimum absolute atomic E-state index is 0.0156. The molecule has 0 atom stereocenters. The van der Waals surface area contributed by atoms with Gasteiger partial charge >= 0.3 is 5.69 Å². The Balaban J connectivity index is 2.12. The highest BCUT2D eigenvalue weighted by Gasteiger charge is 2.25. The zero-order chi connectivity index (χ0) is 16.8. The number of nitrogens with zero attached hydrogens (tertiary/aromatic N) is 3. The first-order valence-electron chi connectivity index (χ1n) is 7.61. The van der Waals surface area contributed by atoms with Crippen LogP contribution in [0, 0.1) is 5.82 Å². The molecule has 1 aliphatic carbocycles. The molecule has 0 spiro atoms. The molecule has 0 aliphatic heterocycles. The summed E-state index contributed by atoms with van der Waals surface area (Å²) in [6, 6.07) is 6.85. The maximum atomic E-state index is 14.5. The molecule has 1 fully saturated rings. The second kappa shape index (κ2) is 5.30. The van der Waals surface area contributed by atoms with E-state index in [0.717, 1.165) is 18.4 Å². The van der Waals surface area contributed by atoms with Gasteiger partial charge in [0.25, 0.3) is 0 Å². The van der Waals surface area contributed by atoms with Gasteiger partial charge in [0.05, 0.1) is 12.6 Å². The standard InChI is InChI=1S/C17H15FN4O2/c1-24-16-14(12(18)6-7-20-16)22-13-8-10(9-2-3-9)4-5-11(13)15(19)21-17(22)23/h4-9H,2-3H2,1H3,(H2,19,21,23). The lowest BCUT2D eigenvalue weighted by Gasteiger charge is -2.14. The lowest BCUT2D eigenvalue weighted by atomic mass is 10.1. The lowest BCUT2D eigenvalue weighted by Crippen LogP contribution is -2.24. The van der Waals surface area contributed by atoms with Crippen molar-refractivity contribution < 1.29 is 9.13 Å². The maximum absolute atomic E-state index is 14.5. The highest BCUT2D eigenvalue weighted by molar-refractivity contribution is 5.90. The van der Waals surface area contributed by atoms with Gasteiger partial charge in [0.15, 0.2) is 5.82 Å². The molecule has 2 heterocycles. The van der Waals surface area contributed by atoms with Crippen molar-refractivity contribution in [2.45, 2.75) is 18.8 Å². The van der Waals surface area contributed by atoms with Gasteiger partial charge in [0.2, 0.25) is 5.88 Å². The number of hydrogen-bond acceptors (Lipinski definition) is 5. The summed E-state index contributed by atoms with van der Waals surface area (Å²) in [6.07, 6.45) is 3.51. The Hall–Kier alpha value is -2.96. The lowest BCUT2D eigenvalue weighted by molar-refractivity contribution is 0.391. The van der Waals surface area contributed by atoms with E-state index in [-0.39, 0.29) is 17.4 Å². The summed E-state index contributed by atoms with van der Waals surface area (Å²) in [5, 5.41) is 0.587. The number of pyridine rings is 1. The second-order valence-corrected chi connectivity index (χ2v) is 5.82. The first-order valence-corrected chi connectivity index (χ1v) is 7.61. The molecule has 0 amide bonds. The van der Waals surface area contributed by atoms with E-state index < -0.39 is 11.5 Å². The summed E-state index contributed by atoms with van der Waals surface area (Å²) >= 11 is 0. The van der Waals surface area contributed by atoms with Gasteiger partial charge in [-0.3, -0.25) is 4.57 Å². The maximum Gasteiger partial charge on any atom is 0.354 e. The number of aromatic nitrogens is 3. The summed E-state index contributed by atoms with van der Waals surface area (Å²) in [7, 11) is 1.37. The summed E-state index contributed by atoms with van der Waals surface area (Å²) in [4.78, 5) is 20.3. The fourth-order valence-corrected chi connectivity index (χ4v) is 2.92. The quantitative estimate of drug-likeness (QED) is 0.799. The van der Waals surface area contributed by atoms with E-state index in [1.165, 1.54) is 23.9 Å². The summed E-state index contributed by atoms with van der Waals surface area (Å²) in [6.45, 7) is 0. The Morgan fingerprint density at radius 3 is 2.83 bits per heavy atom. The van der Waals surface area contributed by atoms with E-state index in [0.29, 0.717) is 16.8 Å². The molecule has 4 rings (SSSR count). The molecule has 24 heavy (non-hydrogen) atoms. The molecule has 1 aliphatic rings. The Bertz CT molecular complexity index is 1010. The van der Waals surface area contributed by atoms with Gasteiger partial charge in [-0.1, -0.05) is 6.07 Å². The van der Waals surface area contributed by atoms with Crippen molar-refractivity contribution in [3.05, 3.63) is 52.3 Å². The smallest absolute Gasteiger partial charge is 0.354 e. The van der Waals surface area contributed by atoms with Gasteiger partial charge in [-0.2, -0.15) is 4.98 Å². The van der Waals surface area contributed by atoms with E-state index in [2.05, 4.69) is 9.97 Å². The molecule has 122 valence electrons. The number of nitrogens with two attached hydrogens (primary N) is 1. The zero-order valence-electron chi connectivity index (χ0n) is 13.0. The van der Waals surface area contributed by atoms with E-state index in [4.69, 9.17) is 10.5 Å². The number of hydrogen-bond donors (Lipinski definition) is 1. The average Bonchev–Trinajstić information content (AvgIpc) is 3.40. The van der Waals surface area contributed by atoms with E-state index in [1.54, 1.807) is 0 Å². The van der Waals surface area contributed by atoms with Crippen LogP contribution in [-0.4, -0.2) is 21.6 Å². The summed E-state index contributed by atoms with van der Waals surface area (Å²) in [5.41, 5.74) is 6.76. The number of halogens is 1. The molecule has 6 nitrogen and oxygen atoms in total. The van der Waals surface area contributed by atoms with Crippen molar-refractivity contribution in [1.29, 1.82) is 0 Å². The van der Waals surface area contributed by atoms with Crippen LogP contribution in [0.3, 0.4) is 0 Å². The van der Waals surface area contributed by atoms with Gasteiger partial charge in [-0.15, -0.1) is 0 Å². The highest BCUT2D eigenvalue weighted by atomic mass is 19.1. The molecule has 2 aromatic heterocycles. The minimum atomic E-state index is -0.668. The van der Waals surface area contributed by atoms with Gasteiger partial charge in [-0.05, 0) is 42.5 Å². The number of anilines is 1. The van der Waals surface area contributed by atoms with Crippen LogP contribution in [0.2, 0.25) is 0 Å². The van der Waals surface area contributed by atoms with Gasteiger partial charge in [0, 0.05) is 11.6 Å². The number of ether oxygens (including phenoxy) is 1. The topological polar surface area (TPSA) is 83.0 Å². The molecular weight excluding hydrogens is 311 g/mol. The molecule has 0 radical (unpaired) electrons. The third-order valence-electron chi connectivity index (χ3n) is 4.25. The number of rotatable bonds is 3. The fraction of sp³-hybridized carbons (Fsp3) is 0.235. The largest absolute Gasteiger partial charge is 0.479 e. The molecule has 1 saturated carbocycles. The van der Waals surface area contributed by atoms with Crippen molar-refractivity contribution >= 4 is 16.7 Å². The SMILES string of the molecule is COc1nccc(F)c1-n1c(=O)nc(N)c2ccc(C3CC3)cc21. The van der Waals surface area contributed by atoms with Gasteiger partial charge in [0.1, 0.15) is 11.5 Å². The fourth-order valence-electron chi connectivity index (χ4n) is 2.92. The van der Waals surface area contributed by atoms with Crippen molar-refractivity contribution in [1.82, 2.24) is 14.5 Å². The van der Waals surface area contributed by atoms with E-state index in [1.807, 2.05) is 18.2 Å². The van der Waals surface area contributed by atoms with E-state index in [9.17, 15) is 9.18 Å². The van der Waals surface area contributed by atoms with Gasteiger partial charge in [-0.25, -0.2) is 14.2 Å². The first kappa shape index (κ1) is 14.6. The van der Waals surface area contributed by atoms with Crippen LogP contribution in [0.4, 0.5) is 10.2 Å². The normalized spacial score (nSPS) is 14.1. The Morgan fingerprint density at radius 1 is 1.33 bits per heavy atom. The second-order valence-electron chi connectivity index (χ2n) is 5.82. The van der Waals surface area contributed by atoms with Crippen molar-refractivity contribution in [3.63, 3.8) is 0 Å². The van der Waals surface area contributed by atoms with Crippen molar-refractivity contribution in [2.24, 2.45) is 0 Å². The van der Waals surface area contributed by atoms with Crippen molar-refractivity contribution in [3.8, 4) is 11.6 Å². The van der Waals surface area contributed by atoms with Crippen molar-refractivity contribution in [2.75, 3.05) is 12.8 Å². The van der Waals surface area contributed by atoms with Crippen LogP contribution in [0.5, 0.6) is 5.88 Å². The minimum Gasteiger partial charge on any atom is -0.479 e. The molecule has 3 aromatic rings. The highest BCUT2D eigenvalue weighted by Crippen LogP contribution is 2.41. The number of nitrogen functional groups attached to an aromatic ring is 1. The first-order chi connectivity index (χ1) is 11.6. The molecule has 0 bridgehead atoms. The third-order valence-corrected chi connectivity index (χ3v) is 4.25.